The van der Waals surface area contributed by atoms with Crippen molar-refractivity contribution in [2.24, 2.45) is 0 Å². The summed E-state index contributed by atoms with van der Waals surface area (Å²) in [7, 11) is 0. The van der Waals surface area contributed by atoms with Crippen molar-refractivity contribution in [3.63, 3.8) is 0 Å². The van der Waals surface area contributed by atoms with Crippen molar-refractivity contribution < 1.29 is 22.8 Å². The van der Waals surface area contributed by atoms with E-state index in [1.54, 1.807) is 25.1 Å². The fourth-order valence-corrected chi connectivity index (χ4v) is 2.70. The minimum Gasteiger partial charge on any atom is -0.449 e. The summed E-state index contributed by atoms with van der Waals surface area (Å²) in [6.45, 7) is 3.62. The first kappa shape index (κ1) is 18.6. The summed E-state index contributed by atoms with van der Waals surface area (Å²) in [5, 5.41) is 7.97. The third-order valence-corrected chi connectivity index (χ3v) is 4.31. The Hall–Kier alpha value is -3.74. The van der Waals surface area contributed by atoms with Gasteiger partial charge in [0.25, 0.3) is 5.89 Å². The van der Waals surface area contributed by atoms with Crippen LogP contribution in [0.4, 0.5) is 4.39 Å². The summed E-state index contributed by atoms with van der Waals surface area (Å²) in [6, 6.07) is 16.5. The third-order valence-electron chi connectivity index (χ3n) is 4.31. The van der Waals surface area contributed by atoms with Gasteiger partial charge in [0.05, 0.1) is 0 Å². The molecule has 7 heteroatoms. The lowest BCUT2D eigenvalue weighted by molar-refractivity contribution is 0.0245. The SMILES string of the molecule is Cc1ccc(-c2nnc([C@H](C)OC(=O)c3ccc(-c4ccc(F)cc4)o3)o2)cc1. The lowest BCUT2D eigenvalue weighted by Gasteiger charge is -2.07. The van der Waals surface area contributed by atoms with Crippen LogP contribution in [-0.4, -0.2) is 16.2 Å². The summed E-state index contributed by atoms with van der Waals surface area (Å²) in [5.41, 5.74) is 2.55. The Labute approximate surface area is 165 Å². The molecule has 4 rings (SSSR count). The number of nitrogens with zero attached hydrogens (tertiary/aromatic N) is 2. The molecule has 0 saturated heterocycles. The second kappa shape index (κ2) is 7.71. The highest BCUT2D eigenvalue weighted by Crippen LogP contribution is 2.26. The van der Waals surface area contributed by atoms with E-state index in [1.807, 2.05) is 31.2 Å². The summed E-state index contributed by atoms with van der Waals surface area (Å²) in [6.07, 6.45) is -0.756. The Balaban J connectivity index is 1.45. The Kier molecular flexibility index (Phi) is 4.95. The van der Waals surface area contributed by atoms with Crippen LogP contribution in [-0.2, 0) is 4.74 Å². The van der Waals surface area contributed by atoms with Gasteiger partial charge in [0.2, 0.25) is 11.7 Å². The molecule has 0 N–H and O–H groups in total. The van der Waals surface area contributed by atoms with E-state index in [4.69, 9.17) is 13.6 Å². The van der Waals surface area contributed by atoms with Crippen LogP contribution in [0.3, 0.4) is 0 Å². The van der Waals surface area contributed by atoms with Crippen molar-refractivity contribution in [3.05, 3.63) is 83.7 Å². The number of benzene rings is 2. The van der Waals surface area contributed by atoms with E-state index in [2.05, 4.69) is 10.2 Å². The van der Waals surface area contributed by atoms with Gasteiger partial charge >= 0.3 is 5.97 Å². The van der Waals surface area contributed by atoms with Crippen molar-refractivity contribution in [2.45, 2.75) is 20.0 Å². The molecule has 0 aliphatic carbocycles. The number of hydrogen-bond acceptors (Lipinski definition) is 6. The number of halogens is 1. The molecule has 2 aromatic carbocycles. The van der Waals surface area contributed by atoms with Gasteiger partial charge in [-0.25, -0.2) is 9.18 Å². The molecule has 0 spiro atoms. The van der Waals surface area contributed by atoms with Gasteiger partial charge in [0.1, 0.15) is 11.6 Å². The first-order chi connectivity index (χ1) is 14.0. The molecule has 146 valence electrons. The molecular weight excluding hydrogens is 375 g/mol. The Morgan fingerprint density at radius 2 is 1.62 bits per heavy atom. The molecule has 0 fully saturated rings. The third kappa shape index (κ3) is 4.08. The van der Waals surface area contributed by atoms with Gasteiger partial charge in [0, 0.05) is 11.1 Å². The number of carbonyl (C=O) groups is 1. The van der Waals surface area contributed by atoms with Crippen molar-refractivity contribution >= 4 is 5.97 Å². The van der Waals surface area contributed by atoms with Gasteiger partial charge in [-0.15, -0.1) is 10.2 Å². The standard InChI is InChI=1S/C22H17FN2O4/c1-13-3-5-16(6-4-13)21-25-24-20(29-21)14(2)27-22(26)19-12-11-18(28-19)15-7-9-17(23)10-8-15/h3-12,14H,1-2H3/t14-/m0/s1. The van der Waals surface area contributed by atoms with Gasteiger partial charge < -0.3 is 13.6 Å². The highest BCUT2D eigenvalue weighted by molar-refractivity contribution is 5.87. The summed E-state index contributed by atoms with van der Waals surface area (Å²) in [5.74, 6) is -0.0310. The van der Waals surface area contributed by atoms with E-state index in [0.29, 0.717) is 17.2 Å². The highest BCUT2D eigenvalue weighted by Gasteiger charge is 2.22. The average molecular weight is 392 g/mol. The van der Waals surface area contributed by atoms with Gasteiger partial charge in [-0.05, 0) is 62.4 Å². The number of hydrogen-bond donors (Lipinski definition) is 0. The number of aryl methyl sites for hydroxylation is 1. The molecule has 0 unspecified atom stereocenters. The van der Waals surface area contributed by atoms with Crippen LogP contribution >= 0.6 is 0 Å². The number of aromatic nitrogens is 2. The molecule has 6 nitrogen and oxygen atoms in total. The van der Waals surface area contributed by atoms with E-state index < -0.39 is 12.1 Å². The van der Waals surface area contributed by atoms with Crippen LogP contribution in [0, 0.1) is 12.7 Å². The number of ether oxygens (including phenoxy) is 1. The molecule has 0 saturated carbocycles. The maximum Gasteiger partial charge on any atom is 0.375 e. The van der Waals surface area contributed by atoms with E-state index in [0.717, 1.165) is 11.1 Å². The second-order valence-corrected chi connectivity index (χ2v) is 6.53. The number of carbonyl (C=O) groups excluding carboxylic acids is 1. The van der Waals surface area contributed by atoms with Crippen LogP contribution in [0.5, 0.6) is 0 Å². The van der Waals surface area contributed by atoms with E-state index in [1.165, 1.54) is 18.2 Å². The predicted molar refractivity (Wildman–Crippen MR) is 102 cm³/mol. The second-order valence-electron chi connectivity index (χ2n) is 6.53. The molecule has 4 aromatic rings. The quantitative estimate of drug-likeness (QED) is 0.425. The van der Waals surface area contributed by atoms with Gasteiger partial charge in [0.15, 0.2) is 6.10 Å². The van der Waals surface area contributed by atoms with Crippen LogP contribution < -0.4 is 0 Å². The Morgan fingerprint density at radius 3 is 2.34 bits per heavy atom. The molecule has 0 bridgehead atoms. The van der Waals surface area contributed by atoms with E-state index in [9.17, 15) is 9.18 Å². The smallest absolute Gasteiger partial charge is 0.375 e. The zero-order chi connectivity index (χ0) is 20.4. The molecule has 29 heavy (non-hydrogen) atoms. The first-order valence-electron chi connectivity index (χ1n) is 8.97. The fraction of sp³-hybridized carbons (Fsp3) is 0.136. The zero-order valence-corrected chi connectivity index (χ0v) is 15.8. The van der Waals surface area contributed by atoms with Crippen LogP contribution in [0.15, 0.2) is 69.5 Å². The van der Waals surface area contributed by atoms with Crippen LogP contribution in [0.1, 0.15) is 35.0 Å². The van der Waals surface area contributed by atoms with E-state index in [-0.39, 0.29) is 17.5 Å². The summed E-state index contributed by atoms with van der Waals surface area (Å²) in [4.78, 5) is 12.4. The van der Waals surface area contributed by atoms with Crippen molar-refractivity contribution in [1.29, 1.82) is 0 Å². The average Bonchev–Trinajstić information content (AvgIpc) is 3.39. The molecule has 0 amide bonds. The maximum atomic E-state index is 13.0. The Bertz CT molecular complexity index is 1130. The molecule has 2 heterocycles. The largest absolute Gasteiger partial charge is 0.449 e. The minimum atomic E-state index is -0.756. The van der Waals surface area contributed by atoms with Crippen LogP contribution in [0.25, 0.3) is 22.8 Å². The molecule has 0 radical (unpaired) electrons. The highest BCUT2D eigenvalue weighted by atomic mass is 19.1. The maximum absolute atomic E-state index is 13.0. The lowest BCUT2D eigenvalue weighted by atomic mass is 10.1. The first-order valence-corrected chi connectivity index (χ1v) is 8.97. The topological polar surface area (TPSA) is 78.4 Å². The molecule has 2 aromatic heterocycles. The van der Waals surface area contributed by atoms with Crippen molar-refractivity contribution in [2.75, 3.05) is 0 Å². The Morgan fingerprint density at radius 1 is 0.931 bits per heavy atom. The van der Waals surface area contributed by atoms with Crippen molar-refractivity contribution in [3.8, 4) is 22.8 Å². The van der Waals surface area contributed by atoms with Gasteiger partial charge in [-0.1, -0.05) is 17.7 Å². The van der Waals surface area contributed by atoms with E-state index >= 15 is 0 Å². The monoisotopic (exact) mass is 392 g/mol. The zero-order valence-electron chi connectivity index (χ0n) is 15.8. The lowest BCUT2D eigenvalue weighted by Crippen LogP contribution is -2.08. The summed E-state index contributed by atoms with van der Waals surface area (Å²) < 4.78 is 29.6. The predicted octanol–water partition coefficient (Wildman–Crippen LogP) is 5.36. The molecule has 1 atom stereocenters. The fourth-order valence-electron chi connectivity index (χ4n) is 2.70. The molecule has 0 aliphatic rings. The van der Waals surface area contributed by atoms with Gasteiger partial charge in [-0.3, -0.25) is 0 Å². The number of esters is 1. The normalized spacial score (nSPS) is 12.0. The van der Waals surface area contributed by atoms with Crippen LogP contribution in [0.2, 0.25) is 0 Å². The van der Waals surface area contributed by atoms with Gasteiger partial charge in [-0.2, -0.15) is 0 Å². The minimum absolute atomic E-state index is 0.0226. The van der Waals surface area contributed by atoms with Crippen molar-refractivity contribution in [1.82, 2.24) is 10.2 Å². The number of furan rings is 1. The summed E-state index contributed by atoms with van der Waals surface area (Å²) >= 11 is 0. The number of rotatable bonds is 5. The molecular formula is C22H17FN2O4. The molecule has 0 aliphatic heterocycles.